The molecule has 5 N–H and O–H groups in total. The van der Waals surface area contributed by atoms with Crippen LogP contribution in [0.1, 0.15) is 7.12 Å². The first-order valence-corrected chi connectivity index (χ1v) is 12.9. The molecular weight excluding hydrogens is 559 g/mol. The van der Waals surface area contributed by atoms with Crippen LogP contribution < -0.4 is 51.7 Å². The zero-order chi connectivity index (χ0) is 26.1. The molecule has 0 aliphatic carbocycles. The first-order chi connectivity index (χ1) is 17.1. The van der Waals surface area contributed by atoms with Crippen molar-refractivity contribution in [3.63, 3.8) is 0 Å². The summed E-state index contributed by atoms with van der Waals surface area (Å²) in [5.74, 6) is -2.30. The molecule has 4 heterocycles. The smallest absolute Gasteiger partial charge is 1.00 e. The van der Waals surface area contributed by atoms with Gasteiger partial charge in [0, 0.05) is 23.9 Å². The van der Waals surface area contributed by atoms with Crippen LogP contribution in [0.3, 0.4) is 0 Å². The van der Waals surface area contributed by atoms with Gasteiger partial charge in [-0.1, -0.05) is 16.9 Å². The summed E-state index contributed by atoms with van der Waals surface area (Å²) in [6.07, 6.45) is 0. The fourth-order valence-electron chi connectivity index (χ4n) is 3.44. The van der Waals surface area contributed by atoms with Gasteiger partial charge >= 0.3 is 46.6 Å². The molecule has 0 spiro atoms. The van der Waals surface area contributed by atoms with Crippen molar-refractivity contribution in [2.45, 2.75) is 16.6 Å². The number of β-lactam (4-membered cyclic amide) rings is 1. The molecule has 0 radical (unpaired) electrons. The molecule has 37 heavy (non-hydrogen) atoms. The molecule has 2 aliphatic heterocycles. The second-order valence-corrected chi connectivity index (χ2v) is 10.2. The normalized spacial score (nSPS) is 19.0. The molecule has 1 saturated heterocycles. The van der Waals surface area contributed by atoms with Crippen LogP contribution in [-0.2, 0) is 26.3 Å². The number of aryl methyl sites for hydroxylation is 1. The van der Waals surface area contributed by atoms with E-state index in [1.54, 1.807) is 0 Å². The van der Waals surface area contributed by atoms with Crippen molar-refractivity contribution < 1.29 is 55.3 Å². The molecule has 1 fully saturated rings. The first kappa shape index (κ1) is 28.9. The number of carbonyl (C=O) groups excluding carboxylic acids is 2. The van der Waals surface area contributed by atoms with E-state index in [1.807, 2.05) is 0 Å². The molecule has 0 saturated carbocycles. The van der Waals surface area contributed by atoms with E-state index in [9.17, 15) is 29.1 Å². The summed E-state index contributed by atoms with van der Waals surface area (Å²) in [4.78, 5) is 74.3. The summed E-state index contributed by atoms with van der Waals surface area (Å²) >= 11 is 3.41. The Morgan fingerprint density at radius 2 is 2.14 bits per heavy atom. The Morgan fingerprint density at radius 3 is 2.76 bits per heavy atom. The number of nitrogens with two attached hydrogens (primary N) is 1. The minimum atomic E-state index is -1.31. The number of hydrogen-bond acceptors (Lipinski definition) is 13. The number of hydrogen-bond donors (Lipinski definition) is 4. The maximum absolute atomic E-state index is 12.9. The van der Waals surface area contributed by atoms with E-state index in [4.69, 9.17) is 10.6 Å². The predicted molar refractivity (Wildman–Crippen MR) is 132 cm³/mol. The zero-order valence-corrected chi connectivity index (χ0v) is 24.0. The molecular formula is C18H19N8NaO7S3. The number of carboxylic acid groups (broad SMARTS) is 1. The average Bonchev–Trinajstić information content (AvgIpc) is 3.27. The van der Waals surface area contributed by atoms with Crippen molar-refractivity contribution in [1.82, 2.24) is 30.0 Å². The largest absolute Gasteiger partial charge is 1.00 e. The van der Waals surface area contributed by atoms with Gasteiger partial charge in [-0.15, -0.1) is 23.1 Å². The average molecular weight is 579 g/mol. The van der Waals surface area contributed by atoms with Gasteiger partial charge < -0.3 is 22.4 Å². The van der Waals surface area contributed by atoms with Crippen LogP contribution in [0.4, 0.5) is 5.13 Å². The van der Waals surface area contributed by atoms with E-state index in [0.29, 0.717) is 5.57 Å². The van der Waals surface area contributed by atoms with Crippen molar-refractivity contribution in [3.05, 3.63) is 43.1 Å². The van der Waals surface area contributed by atoms with Crippen LogP contribution in [-0.4, -0.2) is 83.3 Å². The number of thiazole rings is 1. The summed E-state index contributed by atoms with van der Waals surface area (Å²) < 4.78 is 1.25. The standard InChI is InChI=1S/C18H18N8O7S3.Na.H/c1-25-18(22-12(28)13(29)23-25)36-4-6-3-34-15-9(14(30)26(15)10(6)16(31)32)21-11(27)8(24-33-2)7-5-35-17(19)20-7;;/h5,9,15H,3-4H2,1-2H3,(H2,19,20)(H,21,27)(H,23,29)(H,31,32);;/q;+1;-1/b24-8-;;/t9-,15-;;/m1../s1. The summed E-state index contributed by atoms with van der Waals surface area (Å²) in [6, 6.07) is -0.995. The number of aromatic amines is 1. The quantitative estimate of drug-likeness (QED) is 0.0582. The van der Waals surface area contributed by atoms with Crippen molar-refractivity contribution in [1.29, 1.82) is 0 Å². The molecule has 2 aliphatic rings. The van der Waals surface area contributed by atoms with Crippen LogP contribution in [0.15, 0.2) is 36.6 Å². The van der Waals surface area contributed by atoms with Crippen LogP contribution >= 0.6 is 34.9 Å². The number of thioether (sulfide) groups is 2. The third-order valence-corrected chi connectivity index (χ3v) is 8.15. The second kappa shape index (κ2) is 11.8. The minimum Gasteiger partial charge on any atom is -1.00 e. The van der Waals surface area contributed by atoms with E-state index in [1.165, 1.54) is 36.0 Å². The maximum atomic E-state index is 12.9. The Balaban J connectivity index is 0.00000253. The number of aromatic nitrogens is 4. The van der Waals surface area contributed by atoms with Crippen LogP contribution in [0, 0.1) is 0 Å². The monoisotopic (exact) mass is 578 g/mol. The Labute approximate surface area is 243 Å². The molecule has 4 rings (SSSR count). The minimum absolute atomic E-state index is 0. The molecule has 0 unspecified atom stereocenters. The van der Waals surface area contributed by atoms with Crippen molar-refractivity contribution in [3.8, 4) is 0 Å². The number of nitrogen functional groups attached to an aromatic ring is 1. The van der Waals surface area contributed by atoms with Crippen molar-refractivity contribution in [2.24, 2.45) is 12.2 Å². The molecule has 2 aromatic rings. The van der Waals surface area contributed by atoms with Gasteiger partial charge in [0.15, 0.2) is 16.0 Å². The van der Waals surface area contributed by atoms with E-state index < -0.39 is 40.3 Å². The number of carbonyl (C=O) groups is 3. The van der Waals surface area contributed by atoms with E-state index >= 15 is 0 Å². The van der Waals surface area contributed by atoms with Gasteiger partial charge in [-0.25, -0.2) is 9.78 Å². The van der Waals surface area contributed by atoms with Crippen molar-refractivity contribution in [2.75, 3.05) is 24.3 Å². The number of rotatable bonds is 8. The summed E-state index contributed by atoms with van der Waals surface area (Å²) in [5, 5.41) is 19.6. The van der Waals surface area contributed by atoms with E-state index in [-0.39, 0.29) is 69.9 Å². The number of nitrogens with one attached hydrogen (secondary N) is 2. The molecule has 15 nitrogen and oxygen atoms in total. The van der Waals surface area contributed by atoms with Crippen molar-refractivity contribution >= 4 is 63.5 Å². The van der Waals surface area contributed by atoms with Gasteiger partial charge in [0.25, 0.3) is 11.8 Å². The fourth-order valence-corrected chi connectivity index (χ4v) is 6.39. The molecule has 2 aromatic heterocycles. The van der Waals surface area contributed by atoms with Gasteiger partial charge in [-0.3, -0.25) is 33.9 Å². The number of anilines is 1. The number of nitrogens with zero attached hydrogens (tertiary/aromatic N) is 5. The molecule has 2 amide bonds. The topological polar surface area (TPSA) is 215 Å². The summed E-state index contributed by atoms with van der Waals surface area (Å²) in [6.45, 7) is 0. The Kier molecular flexibility index (Phi) is 9.24. The maximum Gasteiger partial charge on any atom is 1.00 e. The van der Waals surface area contributed by atoms with E-state index in [0.717, 1.165) is 28.0 Å². The van der Waals surface area contributed by atoms with Crippen LogP contribution in [0.2, 0.25) is 0 Å². The number of fused-ring (bicyclic) bond motifs is 1. The Hall–Kier alpha value is -2.64. The molecule has 19 heteroatoms. The number of oxime groups is 1. The van der Waals surface area contributed by atoms with Crippen LogP contribution in [0.25, 0.3) is 0 Å². The summed E-state index contributed by atoms with van der Waals surface area (Å²) in [5.41, 5.74) is 4.00. The molecule has 0 bridgehead atoms. The Bertz CT molecular complexity index is 1440. The fraction of sp³-hybridized carbons (Fsp3) is 0.333. The number of aliphatic carboxylic acids is 1. The number of carboxylic acids is 1. The third-order valence-electron chi connectivity index (χ3n) is 5.02. The first-order valence-electron chi connectivity index (χ1n) is 9.96. The van der Waals surface area contributed by atoms with Gasteiger partial charge in [-0.05, 0) is 5.57 Å². The third kappa shape index (κ3) is 5.78. The van der Waals surface area contributed by atoms with Gasteiger partial charge in [0.05, 0.1) is 0 Å². The molecule has 0 aromatic carbocycles. The molecule has 2 atom stereocenters. The SMILES string of the molecule is CO/N=C(\C(=O)N[C@@H]1C(=O)N2C(C(=O)O)=C(CSc3nc(=O)c(=O)[nH]n3C)CS[C@H]12)c1csc(N)n1.[H-].[Na+]. The second-order valence-electron chi connectivity index (χ2n) is 7.30. The summed E-state index contributed by atoms with van der Waals surface area (Å²) in [7, 11) is 2.74. The number of amides is 2. The Morgan fingerprint density at radius 1 is 1.41 bits per heavy atom. The number of H-pyrrole nitrogens is 1. The van der Waals surface area contributed by atoms with Gasteiger partial charge in [0.2, 0.25) is 0 Å². The zero-order valence-electron chi connectivity index (χ0n) is 20.6. The molecule has 192 valence electrons. The van der Waals surface area contributed by atoms with E-state index in [2.05, 4.69) is 25.5 Å². The van der Waals surface area contributed by atoms with Gasteiger partial charge in [-0.2, -0.15) is 4.98 Å². The predicted octanol–water partition coefficient (Wildman–Crippen LogP) is -4.49. The van der Waals surface area contributed by atoms with Gasteiger partial charge in [0.1, 0.15) is 29.9 Å². The van der Waals surface area contributed by atoms with Crippen LogP contribution in [0.5, 0.6) is 0 Å².